The molecule has 6 heteroatoms. The maximum Gasteiger partial charge on any atom is 0.348 e. The van der Waals surface area contributed by atoms with Crippen molar-refractivity contribution < 1.29 is 14.4 Å². The number of nitrogens with zero attached hydrogens (tertiary/aromatic N) is 1. The number of benzene rings is 1. The predicted octanol–water partition coefficient (Wildman–Crippen LogP) is 2.63. The molecule has 1 aromatic carbocycles. The third kappa shape index (κ3) is 4.05. The van der Waals surface area contributed by atoms with Crippen molar-refractivity contribution in [3.63, 3.8) is 0 Å². The van der Waals surface area contributed by atoms with Gasteiger partial charge in [0.2, 0.25) is 5.91 Å². The van der Waals surface area contributed by atoms with Crippen LogP contribution in [0.5, 0.6) is 0 Å². The Hall–Kier alpha value is -1.40. The fraction of sp³-hybridized carbons (Fsp3) is 0.429. The van der Waals surface area contributed by atoms with Gasteiger partial charge in [-0.05, 0) is 35.6 Å². The van der Waals surface area contributed by atoms with E-state index in [2.05, 4.69) is 47.2 Å². The van der Waals surface area contributed by atoms with E-state index in [-0.39, 0.29) is 19.1 Å². The summed E-state index contributed by atoms with van der Waals surface area (Å²) in [5.74, 6) is 0.227. The second kappa shape index (κ2) is 6.37. The van der Waals surface area contributed by atoms with Gasteiger partial charge in [0.25, 0.3) is 0 Å². The molecule has 0 saturated carbocycles. The van der Waals surface area contributed by atoms with Crippen LogP contribution in [0.2, 0.25) is 0 Å². The molecule has 5 nitrogen and oxygen atoms in total. The average Bonchev–Trinajstić information content (AvgIpc) is 2.63. The van der Waals surface area contributed by atoms with Crippen LogP contribution in [-0.4, -0.2) is 23.5 Å². The number of hydroxylamine groups is 2. The summed E-state index contributed by atoms with van der Waals surface area (Å²) in [7, 11) is 0. The van der Waals surface area contributed by atoms with Gasteiger partial charge in [-0.1, -0.05) is 35.8 Å². The molecule has 0 bridgehead atoms. The highest BCUT2D eigenvalue weighted by Crippen LogP contribution is 2.19. The number of nitrogens with one attached hydrogen (secondary N) is 1. The largest absolute Gasteiger partial charge is 0.348 e. The van der Waals surface area contributed by atoms with Crippen LogP contribution in [-0.2, 0) is 22.7 Å². The zero-order valence-corrected chi connectivity index (χ0v) is 13.1. The lowest BCUT2D eigenvalue weighted by Gasteiger charge is -2.14. The molecule has 0 spiro atoms. The molecule has 1 aliphatic heterocycles. The molecule has 20 heavy (non-hydrogen) atoms. The first-order valence-electron chi connectivity index (χ1n) is 6.46. The van der Waals surface area contributed by atoms with Crippen molar-refractivity contribution in [1.82, 2.24) is 10.4 Å². The van der Waals surface area contributed by atoms with Crippen molar-refractivity contribution in [1.29, 1.82) is 0 Å². The zero-order chi connectivity index (χ0) is 14.7. The molecule has 1 heterocycles. The molecule has 1 saturated heterocycles. The monoisotopic (exact) mass is 340 g/mol. The molecule has 2 rings (SSSR count). The van der Waals surface area contributed by atoms with Crippen molar-refractivity contribution in [2.24, 2.45) is 5.92 Å². The van der Waals surface area contributed by atoms with Gasteiger partial charge in [-0.25, -0.2) is 4.79 Å². The molecular formula is C14H17BrN2O3. The Morgan fingerprint density at radius 1 is 1.30 bits per heavy atom. The molecule has 0 atom stereocenters. The molecule has 1 aliphatic rings. The minimum absolute atomic E-state index is 0.0499. The van der Waals surface area contributed by atoms with Crippen molar-refractivity contribution in [2.45, 2.75) is 26.9 Å². The average molecular weight is 341 g/mol. The second-order valence-electron chi connectivity index (χ2n) is 5.23. The standard InChI is InChI=1S/C14H17BrN2O3/c1-9(2)3-10-4-11(6-12(15)5-10)8-20-17-7-13(18)16-14(17)19/h4-6,9H,3,7-8H2,1-2H3,(H,16,18,19). The lowest BCUT2D eigenvalue weighted by Crippen LogP contribution is -2.28. The number of urea groups is 1. The quantitative estimate of drug-likeness (QED) is 0.838. The van der Waals surface area contributed by atoms with Gasteiger partial charge in [0.05, 0.1) is 0 Å². The molecule has 0 aromatic heterocycles. The summed E-state index contributed by atoms with van der Waals surface area (Å²) in [6.07, 6.45) is 0.981. The van der Waals surface area contributed by atoms with E-state index in [1.165, 1.54) is 5.56 Å². The fourth-order valence-corrected chi connectivity index (χ4v) is 2.66. The van der Waals surface area contributed by atoms with Crippen LogP contribution in [0.25, 0.3) is 0 Å². The first-order valence-corrected chi connectivity index (χ1v) is 7.26. The Balaban J connectivity index is 2.00. The summed E-state index contributed by atoms with van der Waals surface area (Å²) < 4.78 is 0.983. The number of rotatable bonds is 5. The van der Waals surface area contributed by atoms with Crippen LogP contribution >= 0.6 is 15.9 Å². The summed E-state index contributed by atoms with van der Waals surface area (Å²) in [6.45, 7) is 4.53. The topological polar surface area (TPSA) is 58.6 Å². The minimum Gasteiger partial charge on any atom is -0.274 e. The number of amides is 3. The molecule has 0 unspecified atom stereocenters. The summed E-state index contributed by atoms with van der Waals surface area (Å²) in [4.78, 5) is 27.8. The van der Waals surface area contributed by atoms with Crippen molar-refractivity contribution in [2.75, 3.05) is 6.54 Å². The normalized spacial score (nSPS) is 15.1. The van der Waals surface area contributed by atoms with Crippen LogP contribution in [0.15, 0.2) is 22.7 Å². The highest BCUT2D eigenvalue weighted by Gasteiger charge is 2.27. The predicted molar refractivity (Wildman–Crippen MR) is 77.7 cm³/mol. The Bertz CT molecular complexity index is 531. The zero-order valence-electron chi connectivity index (χ0n) is 11.5. The second-order valence-corrected chi connectivity index (χ2v) is 6.14. The van der Waals surface area contributed by atoms with Crippen LogP contribution < -0.4 is 5.32 Å². The van der Waals surface area contributed by atoms with E-state index < -0.39 is 6.03 Å². The maximum absolute atomic E-state index is 11.3. The first-order chi connectivity index (χ1) is 9.44. The Morgan fingerprint density at radius 3 is 2.60 bits per heavy atom. The Kier molecular flexibility index (Phi) is 4.77. The van der Waals surface area contributed by atoms with Gasteiger partial charge >= 0.3 is 6.03 Å². The van der Waals surface area contributed by atoms with Gasteiger partial charge in [0.1, 0.15) is 13.2 Å². The fourth-order valence-electron chi connectivity index (χ4n) is 2.07. The number of carbonyl (C=O) groups is 2. The van der Waals surface area contributed by atoms with E-state index in [9.17, 15) is 9.59 Å². The molecule has 108 valence electrons. The van der Waals surface area contributed by atoms with Gasteiger partial charge in [-0.2, -0.15) is 5.06 Å². The number of hydrogen-bond donors (Lipinski definition) is 1. The lowest BCUT2D eigenvalue weighted by molar-refractivity contribution is -0.134. The smallest absolute Gasteiger partial charge is 0.274 e. The minimum atomic E-state index is -0.507. The molecule has 3 amide bonds. The number of hydrogen-bond acceptors (Lipinski definition) is 3. The van der Waals surface area contributed by atoms with E-state index in [0.29, 0.717) is 5.92 Å². The Labute approximate surface area is 126 Å². The number of halogens is 1. The van der Waals surface area contributed by atoms with Crippen molar-refractivity contribution in [3.8, 4) is 0 Å². The summed E-state index contributed by atoms with van der Waals surface area (Å²) in [5, 5.41) is 3.21. The molecule has 1 fully saturated rings. The van der Waals surface area contributed by atoms with E-state index in [1.807, 2.05) is 6.07 Å². The van der Waals surface area contributed by atoms with Gasteiger partial charge in [0, 0.05) is 4.47 Å². The van der Waals surface area contributed by atoms with Crippen LogP contribution in [0, 0.1) is 5.92 Å². The van der Waals surface area contributed by atoms with Gasteiger partial charge in [0.15, 0.2) is 0 Å². The van der Waals surface area contributed by atoms with Crippen LogP contribution in [0.1, 0.15) is 25.0 Å². The van der Waals surface area contributed by atoms with E-state index in [0.717, 1.165) is 21.5 Å². The van der Waals surface area contributed by atoms with Crippen LogP contribution in [0.4, 0.5) is 4.79 Å². The number of carbonyl (C=O) groups excluding carboxylic acids is 2. The molecule has 1 N–H and O–H groups in total. The van der Waals surface area contributed by atoms with Crippen molar-refractivity contribution in [3.05, 3.63) is 33.8 Å². The molecule has 1 aromatic rings. The van der Waals surface area contributed by atoms with Gasteiger partial charge in [-0.3, -0.25) is 14.9 Å². The van der Waals surface area contributed by atoms with E-state index in [1.54, 1.807) is 0 Å². The highest BCUT2D eigenvalue weighted by molar-refractivity contribution is 9.10. The third-order valence-corrected chi connectivity index (χ3v) is 3.27. The summed E-state index contributed by atoms with van der Waals surface area (Å²) in [5.41, 5.74) is 2.18. The lowest BCUT2D eigenvalue weighted by atomic mass is 10.0. The van der Waals surface area contributed by atoms with Gasteiger partial charge in [-0.15, -0.1) is 0 Å². The molecular weight excluding hydrogens is 324 g/mol. The molecule has 0 radical (unpaired) electrons. The van der Waals surface area contributed by atoms with E-state index >= 15 is 0 Å². The number of imide groups is 1. The first kappa shape index (κ1) is 15.0. The maximum atomic E-state index is 11.3. The van der Waals surface area contributed by atoms with Crippen LogP contribution in [0.3, 0.4) is 0 Å². The SMILES string of the molecule is CC(C)Cc1cc(Br)cc(CON2CC(=O)NC2=O)c1. The summed E-state index contributed by atoms with van der Waals surface area (Å²) >= 11 is 3.48. The highest BCUT2D eigenvalue weighted by atomic mass is 79.9. The van der Waals surface area contributed by atoms with E-state index in [4.69, 9.17) is 4.84 Å². The van der Waals surface area contributed by atoms with Crippen molar-refractivity contribution >= 4 is 27.9 Å². The summed E-state index contributed by atoms with van der Waals surface area (Å²) in [6, 6.07) is 5.57. The Morgan fingerprint density at radius 2 is 2.00 bits per heavy atom. The van der Waals surface area contributed by atoms with Gasteiger partial charge < -0.3 is 0 Å². The molecule has 0 aliphatic carbocycles. The third-order valence-electron chi connectivity index (χ3n) is 2.81.